The number of benzene rings is 1. The van der Waals surface area contributed by atoms with Crippen LogP contribution in [0.25, 0.3) is 0 Å². The van der Waals surface area contributed by atoms with Gasteiger partial charge in [-0.05, 0) is 18.6 Å². The minimum absolute atomic E-state index is 0. The fraction of sp³-hybridized carbons (Fsp3) is 0.125. The van der Waals surface area contributed by atoms with E-state index in [1.54, 1.807) is 0 Å². The van der Waals surface area contributed by atoms with Gasteiger partial charge in [-0.15, -0.1) is 5.75 Å². The van der Waals surface area contributed by atoms with E-state index in [1.807, 2.05) is 0 Å². The summed E-state index contributed by atoms with van der Waals surface area (Å²) in [4.78, 5) is 10.4. The van der Waals surface area contributed by atoms with E-state index >= 15 is 0 Å². The van der Waals surface area contributed by atoms with Crippen LogP contribution in [0.5, 0.6) is 5.75 Å². The van der Waals surface area contributed by atoms with Crippen molar-refractivity contribution in [2.45, 2.75) is 6.92 Å². The second-order valence-electron chi connectivity index (χ2n) is 2.23. The smallest absolute Gasteiger partial charge is 1.00 e. The zero-order valence-electron chi connectivity index (χ0n) is 7.25. The molecule has 0 unspecified atom stereocenters. The summed E-state index contributed by atoms with van der Waals surface area (Å²) in [5, 5.41) is 19.4. The first kappa shape index (κ1) is 19.4. The maximum atomic E-state index is 10.9. The van der Waals surface area contributed by atoms with Gasteiger partial charge in [0.2, 0.25) is 0 Å². The Morgan fingerprint density at radius 2 is 1.86 bits per heavy atom. The van der Waals surface area contributed by atoms with Crippen molar-refractivity contribution in [3.8, 4) is 5.75 Å². The molecule has 0 aliphatic heterocycles. The standard InChI is InChI=1S/C8H8O3.2ClH.Ti/c1-5-6(8(10)11)3-2-4-7(5)9;;;/h2-4,9H,1H3,(H,10,11);2*1H;/q;;;+3/p-3. The largest absolute Gasteiger partial charge is 3.00 e. The molecule has 0 fully saturated rings. The third kappa shape index (κ3) is 4.33. The van der Waals surface area contributed by atoms with E-state index < -0.39 is 5.97 Å². The van der Waals surface area contributed by atoms with Gasteiger partial charge in [-0.1, -0.05) is 12.1 Å². The Kier molecular flexibility index (Phi) is 11.2. The molecule has 1 aromatic carbocycles. The van der Waals surface area contributed by atoms with Crippen molar-refractivity contribution >= 4 is 5.97 Å². The van der Waals surface area contributed by atoms with Crippen molar-refractivity contribution in [3.05, 3.63) is 29.3 Å². The SMILES string of the molecule is Cc1c([O-])cccc1C(=O)O.[Cl-].[Cl-].[Ti+3]. The Morgan fingerprint density at radius 3 is 2.21 bits per heavy atom. The third-order valence-electron chi connectivity index (χ3n) is 1.51. The van der Waals surface area contributed by atoms with E-state index in [0.29, 0.717) is 5.56 Å². The zero-order valence-corrected chi connectivity index (χ0v) is 10.3. The van der Waals surface area contributed by atoms with Crippen LogP contribution in [0.1, 0.15) is 15.9 Å². The minimum Gasteiger partial charge on any atom is -1.00 e. The van der Waals surface area contributed by atoms with Gasteiger partial charge >= 0.3 is 27.7 Å². The van der Waals surface area contributed by atoms with Gasteiger partial charge in [-0.3, -0.25) is 0 Å². The molecule has 75 valence electrons. The third-order valence-corrected chi connectivity index (χ3v) is 1.51. The van der Waals surface area contributed by atoms with Crippen LogP contribution >= 0.6 is 0 Å². The van der Waals surface area contributed by atoms with Gasteiger partial charge in [0.05, 0.1) is 5.56 Å². The Labute approximate surface area is 109 Å². The average molecular weight is 270 g/mol. The van der Waals surface area contributed by atoms with Crippen molar-refractivity contribution in [1.29, 1.82) is 0 Å². The van der Waals surface area contributed by atoms with Crippen molar-refractivity contribution in [2.75, 3.05) is 0 Å². The summed E-state index contributed by atoms with van der Waals surface area (Å²) in [5.41, 5.74) is 0.373. The molecule has 0 amide bonds. The summed E-state index contributed by atoms with van der Waals surface area (Å²) in [6, 6.07) is 4.21. The molecule has 0 atom stereocenters. The molecular formula is C8H7Cl2O3Ti. The van der Waals surface area contributed by atoms with Crippen LogP contribution in [0, 0.1) is 6.92 Å². The van der Waals surface area contributed by atoms with E-state index in [9.17, 15) is 9.90 Å². The summed E-state index contributed by atoms with van der Waals surface area (Å²) in [6.45, 7) is 1.51. The predicted molar refractivity (Wildman–Crippen MR) is 37.6 cm³/mol. The minimum atomic E-state index is -1.06. The van der Waals surface area contributed by atoms with E-state index in [-0.39, 0.29) is 57.8 Å². The molecule has 1 N–H and O–H groups in total. The van der Waals surface area contributed by atoms with Crippen molar-refractivity contribution in [3.63, 3.8) is 0 Å². The molecule has 0 saturated carbocycles. The zero-order chi connectivity index (χ0) is 8.43. The summed E-state index contributed by atoms with van der Waals surface area (Å²) in [7, 11) is 0. The first-order chi connectivity index (χ1) is 5.13. The molecule has 3 nitrogen and oxygen atoms in total. The molecule has 1 radical (unpaired) electrons. The molecule has 1 aromatic rings. The van der Waals surface area contributed by atoms with E-state index in [4.69, 9.17) is 5.11 Å². The summed E-state index contributed by atoms with van der Waals surface area (Å²) in [6.07, 6.45) is 0. The molecule has 0 aromatic heterocycles. The second-order valence-corrected chi connectivity index (χ2v) is 2.23. The summed E-state index contributed by atoms with van der Waals surface area (Å²) < 4.78 is 0. The van der Waals surface area contributed by atoms with Crippen LogP contribution in [0.2, 0.25) is 0 Å². The molecule has 0 aliphatic rings. The van der Waals surface area contributed by atoms with Gasteiger partial charge in [0, 0.05) is 0 Å². The van der Waals surface area contributed by atoms with Gasteiger partial charge in [0.15, 0.2) is 0 Å². The normalized spacial score (nSPS) is 7.50. The molecule has 0 heterocycles. The maximum absolute atomic E-state index is 10.9. The summed E-state index contributed by atoms with van der Waals surface area (Å²) in [5.74, 6) is -1.29. The fourth-order valence-electron chi connectivity index (χ4n) is 0.846. The number of carbonyl (C=O) groups is 1. The number of rotatable bonds is 1. The Hall–Kier alpha value is -0.216. The molecule has 0 aliphatic carbocycles. The van der Waals surface area contributed by atoms with Crippen molar-refractivity contribution in [1.82, 2.24) is 0 Å². The maximum Gasteiger partial charge on any atom is 3.00 e. The van der Waals surface area contributed by atoms with Gasteiger partial charge in [-0.2, -0.15) is 0 Å². The van der Waals surface area contributed by atoms with Crippen LogP contribution in [0.3, 0.4) is 0 Å². The number of carboxylic acids is 1. The number of aromatic carboxylic acids is 1. The Morgan fingerprint density at radius 1 is 1.36 bits per heavy atom. The van der Waals surface area contributed by atoms with Crippen LogP contribution in [0.4, 0.5) is 0 Å². The quantitative estimate of drug-likeness (QED) is 0.519. The molecule has 0 saturated heterocycles. The average Bonchev–Trinajstić information content (AvgIpc) is 1.94. The first-order valence-electron chi connectivity index (χ1n) is 3.13. The van der Waals surface area contributed by atoms with Gasteiger partial charge < -0.3 is 35.0 Å². The molecule has 0 spiro atoms. The van der Waals surface area contributed by atoms with Gasteiger partial charge in [0.25, 0.3) is 0 Å². The fourth-order valence-corrected chi connectivity index (χ4v) is 0.846. The van der Waals surface area contributed by atoms with Crippen LogP contribution < -0.4 is 29.9 Å². The molecule has 6 heteroatoms. The molecule has 1 rings (SSSR count). The monoisotopic (exact) mass is 269 g/mol. The van der Waals surface area contributed by atoms with Crippen molar-refractivity contribution in [2.24, 2.45) is 0 Å². The number of carboxylic acid groups (broad SMARTS) is 1. The molecule has 14 heavy (non-hydrogen) atoms. The molecular weight excluding hydrogens is 263 g/mol. The van der Waals surface area contributed by atoms with E-state index in [2.05, 4.69) is 0 Å². The van der Waals surface area contributed by atoms with E-state index in [0.717, 1.165) is 0 Å². The van der Waals surface area contributed by atoms with Gasteiger partial charge in [-0.25, -0.2) is 4.79 Å². The Balaban J connectivity index is -0.000000403. The van der Waals surface area contributed by atoms with Crippen LogP contribution in [-0.4, -0.2) is 11.1 Å². The first-order valence-corrected chi connectivity index (χ1v) is 3.13. The Bertz CT molecular complexity index is 305. The number of halogens is 2. The number of hydrogen-bond acceptors (Lipinski definition) is 2. The summed E-state index contributed by atoms with van der Waals surface area (Å²) >= 11 is 0. The van der Waals surface area contributed by atoms with E-state index in [1.165, 1.54) is 25.1 Å². The predicted octanol–water partition coefficient (Wildman–Crippen LogP) is -5.23. The van der Waals surface area contributed by atoms with Gasteiger partial charge in [0.1, 0.15) is 0 Å². The second kappa shape index (κ2) is 8.12. The van der Waals surface area contributed by atoms with Crippen molar-refractivity contribution < 1.29 is 61.5 Å². The van der Waals surface area contributed by atoms with Crippen LogP contribution in [-0.2, 0) is 21.7 Å². The van der Waals surface area contributed by atoms with Crippen LogP contribution in [0.15, 0.2) is 18.2 Å². The molecule has 0 bridgehead atoms. The number of hydrogen-bond donors (Lipinski definition) is 1. The topological polar surface area (TPSA) is 60.4 Å².